The Hall–Kier alpha value is -3.37. The number of benzene rings is 2. The Morgan fingerprint density at radius 2 is 1.87 bits per heavy atom. The molecule has 0 amide bonds. The van der Waals surface area contributed by atoms with E-state index >= 15 is 0 Å². The second kappa shape index (κ2) is 6.17. The predicted molar refractivity (Wildman–Crippen MR) is 86.9 cm³/mol. The predicted octanol–water partition coefficient (Wildman–Crippen LogP) is 4.27. The van der Waals surface area contributed by atoms with Gasteiger partial charge in [0.2, 0.25) is 0 Å². The van der Waals surface area contributed by atoms with Crippen LogP contribution in [0.4, 0.5) is 10.1 Å². The first kappa shape index (κ1) is 14.6. The summed E-state index contributed by atoms with van der Waals surface area (Å²) in [5.74, 6) is 5.58. The molecule has 0 aliphatic rings. The normalized spacial score (nSPS) is 9.78. The molecule has 0 unspecified atom stereocenters. The van der Waals surface area contributed by atoms with E-state index in [9.17, 15) is 4.39 Å². The number of halogens is 1. The second-order valence-corrected chi connectivity index (χ2v) is 4.98. The molecule has 3 rings (SSSR count). The number of rotatable bonds is 1. The molecule has 0 bridgehead atoms. The molecular formula is C19H12FN3. The molecule has 0 spiro atoms. The molecule has 0 saturated heterocycles. The molecule has 0 radical (unpaired) electrons. The van der Waals surface area contributed by atoms with E-state index in [2.05, 4.69) is 21.8 Å². The van der Waals surface area contributed by atoms with Crippen molar-refractivity contribution in [1.82, 2.24) is 9.78 Å². The number of hydrogen-bond donors (Lipinski definition) is 0. The van der Waals surface area contributed by atoms with Crippen molar-refractivity contribution in [1.29, 1.82) is 0 Å². The van der Waals surface area contributed by atoms with Gasteiger partial charge in [-0.15, -0.1) is 0 Å². The van der Waals surface area contributed by atoms with E-state index < -0.39 is 5.82 Å². The van der Waals surface area contributed by atoms with Crippen LogP contribution in [0.1, 0.15) is 17.0 Å². The van der Waals surface area contributed by atoms with Gasteiger partial charge in [0.05, 0.1) is 12.3 Å². The first-order valence-electron chi connectivity index (χ1n) is 6.98. The van der Waals surface area contributed by atoms with E-state index in [0.717, 1.165) is 11.3 Å². The summed E-state index contributed by atoms with van der Waals surface area (Å²) in [6, 6.07) is 15.6. The van der Waals surface area contributed by atoms with Gasteiger partial charge in [-0.3, -0.25) is 0 Å². The highest BCUT2D eigenvalue weighted by Gasteiger charge is 2.07. The van der Waals surface area contributed by atoms with Crippen LogP contribution in [-0.2, 0) is 0 Å². The molecule has 0 fully saturated rings. The maximum Gasteiger partial charge on any atom is 0.192 e. The van der Waals surface area contributed by atoms with Gasteiger partial charge in [0, 0.05) is 11.3 Å². The van der Waals surface area contributed by atoms with E-state index in [0.29, 0.717) is 11.4 Å². The van der Waals surface area contributed by atoms with Crippen LogP contribution in [0.15, 0.2) is 54.6 Å². The van der Waals surface area contributed by atoms with Crippen molar-refractivity contribution in [2.24, 2.45) is 0 Å². The molecule has 23 heavy (non-hydrogen) atoms. The van der Waals surface area contributed by atoms with Gasteiger partial charge in [-0.2, -0.15) is 5.10 Å². The van der Waals surface area contributed by atoms with Crippen molar-refractivity contribution in [3.8, 4) is 17.5 Å². The lowest BCUT2D eigenvalue weighted by Gasteiger charge is -2.04. The minimum absolute atomic E-state index is 0.242. The van der Waals surface area contributed by atoms with Gasteiger partial charge < -0.3 is 0 Å². The monoisotopic (exact) mass is 301 g/mol. The zero-order valence-electron chi connectivity index (χ0n) is 12.4. The van der Waals surface area contributed by atoms with E-state index in [4.69, 9.17) is 6.57 Å². The van der Waals surface area contributed by atoms with Crippen LogP contribution in [0.5, 0.6) is 0 Å². The summed E-state index contributed by atoms with van der Waals surface area (Å²) < 4.78 is 15.2. The Balaban J connectivity index is 1.98. The minimum Gasteiger partial charge on any atom is -0.238 e. The fourth-order valence-corrected chi connectivity index (χ4v) is 2.20. The number of hydrogen-bond acceptors (Lipinski definition) is 1. The van der Waals surface area contributed by atoms with Crippen molar-refractivity contribution in [2.45, 2.75) is 6.92 Å². The molecule has 1 heterocycles. The third-order valence-electron chi connectivity index (χ3n) is 3.24. The average molecular weight is 301 g/mol. The van der Waals surface area contributed by atoms with Crippen LogP contribution in [-0.4, -0.2) is 9.78 Å². The molecule has 110 valence electrons. The van der Waals surface area contributed by atoms with Crippen LogP contribution >= 0.6 is 0 Å². The molecular weight excluding hydrogens is 289 g/mol. The molecule has 3 aromatic rings. The number of aryl methyl sites for hydroxylation is 1. The smallest absolute Gasteiger partial charge is 0.192 e. The molecule has 4 heteroatoms. The largest absolute Gasteiger partial charge is 0.238 e. The van der Waals surface area contributed by atoms with Gasteiger partial charge in [-0.25, -0.2) is 13.9 Å². The van der Waals surface area contributed by atoms with Gasteiger partial charge in [-0.05, 0) is 49.2 Å². The highest BCUT2D eigenvalue weighted by Crippen LogP contribution is 2.21. The SMILES string of the molecule is [C-]#[N+]c1cc(F)cc(-n2nc(C#Cc3ccccc3)cc2C)c1. The summed E-state index contributed by atoms with van der Waals surface area (Å²) >= 11 is 0. The van der Waals surface area contributed by atoms with E-state index in [1.165, 1.54) is 12.1 Å². The number of aromatic nitrogens is 2. The molecule has 0 aliphatic heterocycles. The summed E-state index contributed by atoms with van der Waals surface area (Å²) in [6.45, 7) is 8.89. The van der Waals surface area contributed by atoms with Gasteiger partial charge in [0.15, 0.2) is 5.69 Å². The van der Waals surface area contributed by atoms with Crippen molar-refractivity contribution < 1.29 is 4.39 Å². The summed E-state index contributed by atoms with van der Waals surface area (Å²) in [7, 11) is 0. The van der Waals surface area contributed by atoms with Crippen LogP contribution < -0.4 is 0 Å². The fraction of sp³-hybridized carbons (Fsp3) is 0.0526. The lowest BCUT2D eigenvalue weighted by Crippen LogP contribution is -1.99. The maximum atomic E-state index is 13.6. The standard InChI is InChI=1S/C19H12FN3/c1-14-10-17(9-8-15-6-4-3-5-7-15)22-23(14)19-12-16(20)11-18(13-19)21-2/h3-7,10-13H,1H3. The number of nitrogens with zero attached hydrogens (tertiary/aromatic N) is 3. The van der Waals surface area contributed by atoms with Crippen LogP contribution in [0.3, 0.4) is 0 Å². The average Bonchev–Trinajstić information content (AvgIpc) is 2.94. The van der Waals surface area contributed by atoms with E-state index in [1.54, 1.807) is 10.7 Å². The molecule has 3 nitrogen and oxygen atoms in total. The summed E-state index contributed by atoms with van der Waals surface area (Å²) in [6.07, 6.45) is 0. The van der Waals surface area contributed by atoms with Gasteiger partial charge in [-0.1, -0.05) is 24.1 Å². The Bertz CT molecular complexity index is 954. The lowest BCUT2D eigenvalue weighted by molar-refractivity contribution is 0.626. The lowest BCUT2D eigenvalue weighted by atomic mass is 10.2. The molecule has 0 aliphatic carbocycles. The third kappa shape index (κ3) is 3.28. The molecule has 1 aromatic heterocycles. The summed E-state index contributed by atoms with van der Waals surface area (Å²) in [4.78, 5) is 3.27. The van der Waals surface area contributed by atoms with E-state index in [-0.39, 0.29) is 5.69 Å². The van der Waals surface area contributed by atoms with Crippen LogP contribution in [0.2, 0.25) is 0 Å². The zero-order valence-corrected chi connectivity index (χ0v) is 12.4. The molecule has 2 aromatic carbocycles. The highest BCUT2D eigenvalue weighted by molar-refractivity contribution is 5.53. The highest BCUT2D eigenvalue weighted by atomic mass is 19.1. The van der Waals surface area contributed by atoms with Gasteiger partial charge in [0.25, 0.3) is 0 Å². The Labute approximate surface area is 133 Å². The quantitative estimate of drug-likeness (QED) is 0.486. The van der Waals surface area contributed by atoms with Gasteiger partial charge in [0.1, 0.15) is 11.5 Å². The minimum atomic E-state index is -0.458. The Morgan fingerprint density at radius 3 is 2.61 bits per heavy atom. The molecule has 0 N–H and O–H groups in total. The summed E-state index contributed by atoms with van der Waals surface area (Å²) in [5.41, 5.74) is 3.08. The van der Waals surface area contributed by atoms with Crippen molar-refractivity contribution >= 4 is 5.69 Å². The third-order valence-corrected chi connectivity index (χ3v) is 3.24. The topological polar surface area (TPSA) is 22.2 Å². The molecule has 0 saturated carbocycles. The Morgan fingerprint density at radius 1 is 1.09 bits per heavy atom. The summed E-state index contributed by atoms with van der Waals surface area (Å²) in [5, 5.41) is 4.39. The zero-order chi connectivity index (χ0) is 16.2. The first-order valence-corrected chi connectivity index (χ1v) is 6.98. The van der Waals surface area contributed by atoms with Crippen molar-refractivity contribution in [2.75, 3.05) is 0 Å². The van der Waals surface area contributed by atoms with Crippen LogP contribution in [0.25, 0.3) is 10.5 Å². The van der Waals surface area contributed by atoms with E-state index in [1.807, 2.05) is 43.3 Å². The Kier molecular flexibility index (Phi) is 3.91. The maximum absolute atomic E-state index is 13.6. The fourth-order valence-electron chi connectivity index (χ4n) is 2.20. The van der Waals surface area contributed by atoms with Crippen LogP contribution in [0, 0.1) is 31.2 Å². The second-order valence-electron chi connectivity index (χ2n) is 4.98. The van der Waals surface area contributed by atoms with Gasteiger partial charge >= 0.3 is 0 Å². The first-order chi connectivity index (χ1) is 11.2. The van der Waals surface area contributed by atoms with Crippen molar-refractivity contribution in [3.05, 3.63) is 88.8 Å². The molecule has 0 atom stereocenters. The van der Waals surface area contributed by atoms with Crippen molar-refractivity contribution in [3.63, 3.8) is 0 Å².